The summed E-state index contributed by atoms with van der Waals surface area (Å²) >= 11 is 4.54. The van der Waals surface area contributed by atoms with Crippen LogP contribution < -0.4 is 53.2 Å². The first-order chi connectivity index (χ1) is 62.3. The van der Waals surface area contributed by atoms with Gasteiger partial charge in [-0.1, -0.05) is 149 Å². The third-order valence-corrected chi connectivity index (χ3v) is 26.2. The van der Waals surface area contributed by atoms with Gasteiger partial charge in [-0.3, -0.25) is 14.4 Å². The summed E-state index contributed by atoms with van der Waals surface area (Å²) < 4.78 is 18.4. The number of nitrogens with one attached hydrogen (secondary N) is 10. The fraction of sp³-hybridized carbons (Fsp3) is 0.469. The van der Waals surface area contributed by atoms with E-state index in [0.717, 1.165) is 240 Å². The van der Waals surface area contributed by atoms with Crippen LogP contribution in [0.25, 0.3) is 62.8 Å². The first kappa shape index (κ1) is 91.3. The van der Waals surface area contributed by atoms with Crippen molar-refractivity contribution in [2.75, 3.05) is 91.3 Å². The first-order valence-corrected chi connectivity index (χ1v) is 48.2. The molecule has 5 aliphatic rings. The van der Waals surface area contributed by atoms with Gasteiger partial charge in [0.05, 0.1) is 55.2 Å². The third kappa shape index (κ3) is 26.4. The zero-order valence-corrected chi connectivity index (χ0v) is 76.1. The molecule has 0 spiro atoms. The Bertz CT molecular complexity index is 5600. The maximum Gasteiger partial charge on any atom is 0.274 e. The zero-order chi connectivity index (χ0) is 87.5. The Morgan fingerprint density at radius 3 is 1.13 bits per heavy atom. The Balaban J connectivity index is 0.000000147. The number of carbonyl (C=O) groups is 3. The number of rotatable bonds is 34. The standard InChI is InChI=1S/2C33H41N7O2S.C30H38N8O2S/c1-21(2)16-29-37-27(18-30(40-29)36-23-8-4-3-5-9-23)31(41)38-26-11-7-6-10-25(26)32-39-28-17-22(19-35-33(28)43-32)20-42-24-12-14-34-15-13-24;1-2-3-13-29-37-27(19-30(40-29)36-23-9-5-4-6-10-23)31(41)38-26-12-8-7-11-25(26)32-39-28-18-22(20-35-33(28)43-32)21-42-24-14-16-34-17-15-24;1-3-4-9-26-35-24(17-27(38-26)33-15-14-31-2)28(39)36-23-8-6-5-7-22(23)29-37-25-16-20(18-34-30(25)41-29)19-40-21-10-12-32-13-11-21/h6-7,10-11,17-19,21,23-24,34H,3-5,8-9,12-16,20H2,1-2H3,(H,38,41)(H,36,37,40);7-8,11-12,18-20,23-24,34H,2-6,9-10,13-17,21H2,1H3,(H,38,41)(H,36,37,40);5-8,16-18,21,31-32H,3-4,9-15,19H2,1-2H3,(H,36,39)(H,33,35,38). The number of benzene rings is 3. The molecule has 12 aromatic rings. The van der Waals surface area contributed by atoms with E-state index < -0.39 is 0 Å². The van der Waals surface area contributed by atoms with Gasteiger partial charge in [-0.15, -0.1) is 0 Å². The SMILES string of the molecule is CC(C)Cc1nc(NC2CCCCC2)cc(C(=O)Nc2ccccc2-c2nc3cc(COC4CCNCC4)cnc3s2)n1.CCCCc1nc(NC2CCCCC2)cc(C(=O)Nc2ccccc2-c2nc3cc(COC4CCNCC4)cnc3s2)n1.CCCCc1nc(NCCNC)cc(C(=O)Nc2ccccc2-c2nc3cc(COC4CCNCC4)cnc3s2)n1. The highest BCUT2D eigenvalue weighted by atomic mass is 32.1. The zero-order valence-electron chi connectivity index (χ0n) is 73.7. The van der Waals surface area contributed by atoms with Gasteiger partial charge in [0.2, 0.25) is 0 Å². The molecule has 0 radical (unpaired) electrons. The summed E-state index contributed by atoms with van der Waals surface area (Å²) in [4.78, 5) is 100.0. The van der Waals surface area contributed by atoms with Crippen LogP contribution in [0, 0.1) is 5.92 Å². The molecule has 28 nitrogen and oxygen atoms in total. The van der Waals surface area contributed by atoms with Gasteiger partial charge in [-0.25, -0.2) is 59.8 Å². The number of ether oxygens (including phenoxy) is 3. The Labute approximate surface area is 755 Å². The predicted molar refractivity (Wildman–Crippen MR) is 510 cm³/mol. The van der Waals surface area contributed by atoms with E-state index in [1.165, 1.54) is 72.5 Å². The highest BCUT2D eigenvalue weighted by molar-refractivity contribution is 7.22. The van der Waals surface area contributed by atoms with Crippen molar-refractivity contribution in [1.29, 1.82) is 0 Å². The number of likely N-dealkylation sites (N-methyl/N-ethyl adjacent to an activating group) is 1. The maximum absolute atomic E-state index is 13.6. The number of aryl methyl sites for hydroxylation is 2. The van der Waals surface area contributed by atoms with Crippen LogP contribution in [0.4, 0.5) is 34.5 Å². The summed E-state index contributed by atoms with van der Waals surface area (Å²) in [6.45, 7) is 17.6. The molecular formula is C96H120N22O6S3. The minimum absolute atomic E-state index is 0.254. The lowest BCUT2D eigenvalue weighted by molar-refractivity contribution is 0.0210. The molecule has 0 unspecified atom stereocenters. The van der Waals surface area contributed by atoms with Gasteiger partial charge in [-0.2, -0.15) is 0 Å². The fourth-order valence-corrected chi connectivity index (χ4v) is 19.0. The number of nitrogens with zero attached hydrogens (tertiary/aromatic N) is 12. The number of para-hydroxylation sites is 3. The topological polar surface area (TPSA) is 354 Å². The number of piperidine rings is 3. The van der Waals surface area contributed by atoms with Crippen molar-refractivity contribution in [3.05, 3.63) is 179 Å². The molecule has 3 saturated heterocycles. The number of anilines is 6. The molecule has 12 heterocycles. The van der Waals surface area contributed by atoms with E-state index in [1.54, 1.807) is 18.2 Å². The van der Waals surface area contributed by atoms with Crippen molar-refractivity contribution < 1.29 is 28.6 Å². The quantitative estimate of drug-likeness (QED) is 0.0167. The van der Waals surface area contributed by atoms with E-state index in [-0.39, 0.29) is 36.0 Å². The average Bonchev–Trinajstić information content (AvgIpc) is 1.70. The highest BCUT2D eigenvalue weighted by Gasteiger charge is 2.26. The van der Waals surface area contributed by atoms with E-state index in [0.29, 0.717) is 108 Å². The van der Waals surface area contributed by atoms with Crippen LogP contribution in [0.2, 0.25) is 0 Å². The van der Waals surface area contributed by atoms with Crippen molar-refractivity contribution in [2.24, 2.45) is 5.92 Å². The van der Waals surface area contributed by atoms with E-state index >= 15 is 0 Å². The Kier molecular flexibility index (Phi) is 33.4. The summed E-state index contributed by atoms with van der Waals surface area (Å²) in [5.41, 5.74) is 11.2. The van der Waals surface area contributed by atoms with Gasteiger partial charge in [0, 0.05) is 97.9 Å². The molecule has 668 valence electrons. The Morgan fingerprint density at radius 2 is 0.764 bits per heavy atom. The van der Waals surface area contributed by atoms with Crippen LogP contribution in [0.5, 0.6) is 0 Å². The third-order valence-electron chi connectivity index (χ3n) is 23.2. The normalized spacial score (nSPS) is 15.6. The minimum atomic E-state index is -0.286. The number of thiazole rings is 3. The number of hydrogen-bond donors (Lipinski definition) is 10. The van der Waals surface area contributed by atoms with Crippen molar-refractivity contribution in [2.45, 2.75) is 226 Å². The molecule has 3 aromatic carbocycles. The maximum atomic E-state index is 13.6. The second-order valence-electron chi connectivity index (χ2n) is 33.8. The molecular weight excluding hydrogens is 1650 g/mol. The molecule has 3 amide bonds. The van der Waals surface area contributed by atoms with Crippen LogP contribution in [-0.4, -0.2) is 167 Å². The monoisotopic (exact) mass is 1770 g/mol. The minimum Gasteiger partial charge on any atom is -0.373 e. The van der Waals surface area contributed by atoms with Gasteiger partial charge in [0.25, 0.3) is 17.7 Å². The van der Waals surface area contributed by atoms with Crippen LogP contribution in [0.15, 0.2) is 128 Å². The molecule has 0 atom stereocenters. The molecule has 3 aliphatic heterocycles. The number of carbonyl (C=O) groups excluding carboxylic acids is 3. The number of hydrogen-bond acceptors (Lipinski definition) is 28. The van der Waals surface area contributed by atoms with E-state index in [4.69, 9.17) is 39.1 Å². The van der Waals surface area contributed by atoms with Gasteiger partial charge >= 0.3 is 0 Å². The van der Waals surface area contributed by atoms with Crippen molar-refractivity contribution in [3.8, 4) is 31.7 Å². The second kappa shape index (κ2) is 46.5. The molecule has 2 saturated carbocycles. The van der Waals surface area contributed by atoms with E-state index in [9.17, 15) is 14.4 Å². The van der Waals surface area contributed by atoms with Crippen LogP contribution in [0.3, 0.4) is 0 Å². The smallest absolute Gasteiger partial charge is 0.274 e. The van der Waals surface area contributed by atoms with Gasteiger partial charge in [0.1, 0.15) is 98.1 Å². The molecule has 5 fully saturated rings. The van der Waals surface area contributed by atoms with Gasteiger partial charge in [0.15, 0.2) is 0 Å². The lowest BCUT2D eigenvalue weighted by Gasteiger charge is -2.23. The molecule has 17 rings (SSSR count). The van der Waals surface area contributed by atoms with Crippen molar-refractivity contribution in [1.82, 2.24) is 81.1 Å². The van der Waals surface area contributed by atoms with Crippen LogP contribution in [0.1, 0.15) is 222 Å². The van der Waals surface area contributed by atoms with Gasteiger partial charge in [-0.05, 0) is 201 Å². The molecule has 10 N–H and O–H groups in total. The average molecular weight is 1770 g/mol. The highest BCUT2D eigenvalue weighted by Crippen LogP contribution is 2.39. The summed E-state index contributed by atoms with van der Waals surface area (Å²) in [6.07, 6.45) is 30.9. The Hall–Kier alpha value is -10.5. The fourth-order valence-electron chi connectivity index (χ4n) is 16.3. The number of pyridine rings is 3. The van der Waals surface area contributed by atoms with E-state index in [2.05, 4.69) is 128 Å². The summed E-state index contributed by atoms with van der Waals surface area (Å²) in [5.74, 6) is 3.76. The molecule has 127 heavy (non-hydrogen) atoms. The lowest BCUT2D eigenvalue weighted by atomic mass is 9.95. The van der Waals surface area contributed by atoms with Crippen LogP contribution in [-0.2, 0) is 53.3 Å². The number of aromatic nitrogens is 12. The molecule has 0 bridgehead atoms. The molecule has 9 aromatic heterocycles. The number of fused-ring (bicyclic) bond motifs is 3. The van der Waals surface area contributed by atoms with Crippen LogP contribution >= 0.6 is 34.0 Å². The lowest BCUT2D eigenvalue weighted by Crippen LogP contribution is -2.32. The number of unbranched alkanes of at least 4 members (excludes halogenated alkanes) is 2. The predicted octanol–water partition coefficient (Wildman–Crippen LogP) is 18.0. The number of amides is 3. The first-order valence-electron chi connectivity index (χ1n) is 45.8. The molecule has 2 aliphatic carbocycles. The molecule has 31 heteroatoms. The van der Waals surface area contributed by atoms with Crippen molar-refractivity contribution in [3.63, 3.8) is 0 Å². The summed E-state index contributed by atoms with van der Waals surface area (Å²) in [7, 11) is 1.90. The van der Waals surface area contributed by atoms with Gasteiger partial charge < -0.3 is 67.4 Å². The summed E-state index contributed by atoms with van der Waals surface area (Å²) in [6, 6.07) is 35.5. The second-order valence-corrected chi connectivity index (χ2v) is 36.7. The summed E-state index contributed by atoms with van der Waals surface area (Å²) in [5, 5.41) is 35.4. The largest absolute Gasteiger partial charge is 0.373 e. The van der Waals surface area contributed by atoms with E-state index in [1.807, 2.05) is 105 Å². The van der Waals surface area contributed by atoms with Crippen molar-refractivity contribution >= 4 is 117 Å². The Morgan fingerprint density at radius 1 is 0.417 bits per heavy atom.